The average molecular weight is 276 g/mol. The molecule has 0 radical (unpaired) electrons. The SMILES string of the molecule is CCOCC(O)COc1cc([N+](=O)[O-])ccc1Cl. The Hall–Kier alpha value is -1.37. The third kappa shape index (κ3) is 4.48. The number of hydrogen-bond donors (Lipinski definition) is 1. The van der Waals surface area contributed by atoms with E-state index in [-0.39, 0.29) is 29.7 Å². The summed E-state index contributed by atoms with van der Waals surface area (Å²) in [6.45, 7) is 2.41. The van der Waals surface area contributed by atoms with E-state index in [4.69, 9.17) is 21.1 Å². The first kappa shape index (κ1) is 14.7. The van der Waals surface area contributed by atoms with E-state index in [0.29, 0.717) is 6.61 Å². The minimum absolute atomic E-state index is 0.0408. The summed E-state index contributed by atoms with van der Waals surface area (Å²) in [5.41, 5.74) is -0.117. The van der Waals surface area contributed by atoms with Gasteiger partial charge in [-0.15, -0.1) is 0 Å². The molecular formula is C11H14ClNO5. The van der Waals surface area contributed by atoms with Crippen molar-refractivity contribution in [1.82, 2.24) is 0 Å². The van der Waals surface area contributed by atoms with Gasteiger partial charge in [-0.05, 0) is 13.0 Å². The summed E-state index contributed by atoms with van der Waals surface area (Å²) < 4.78 is 10.2. The zero-order chi connectivity index (χ0) is 13.5. The normalized spacial score (nSPS) is 12.2. The van der Waals surface area contributed by atoms with E-state index < -0.39 is 11.0 Å². The summed E-state index contributed by atoms with van der Waals surface area (Å²) >= 11 is 5.83. The van der Waals surface area contributed by atoms with E-state index in [9.17, 15) is 15.2 Å². The molecule has 100 valence electrons. The molecule has 0 aliphatic carbocycles. The molecule has 0 amide bonds. The fraction of sp³-hybridized carbons (Fsp3) is 0.455. The van der Waals surface area contributed by atoms with Gasteiger partial charge in [0.25, 0.3) is 5.69 Å². The molecule has 1 atom stereocenters. The Morgan fingerprint density at radius 2 is 2.22 bits per heavy atom. The van der Waals surface area contributed by atoms with Crippen LogP contribution in [0.5, 0.6) is 5.75 Å². The van der Waals surface area contributed by atoms with Crippen molar-refractivity contribution in [3.63, 3.8) is 0 Å². The Labute approximate surface area is 109 Å². The Morgan fingerprint density at radius 3 is 2.83 bits per heavy atom. The van der Waals surface area contributed by atoms with Crippen molar-refractivity contribution in [2.75, 3.05) is 19.8 Å². The number of aliphatic hydroxyl groups excluding tert-OH is 1. The Bertz CT molecular complexity index is 412. The zero-order valence-electron chi connectivity index (χ0n) is 9.84. The van der Waals surface area contributed by atoms with Crippen LogP contribution in [0.15, 0.2) is 18.2 Å². The first-order valence-electron chi connectivity index (χ1n) is 5.37. The van der Waals surface area contributed by atoms with E-state index in [1.165, 1.54) is 18.2 Å². The van der Waals surface area contributed by atoms with Crippen molar-refractivity contribution >= 4 is 17.3 Å². The second-order valence-electron chi connectivity index (χ2n) is 3.50. The van der Waals surface area contributed by atoms with Gasteiger partial charge in [0, 0.05) is 12.7 Å². The maximum absolute atomic E-state index is 10.6. The van der Waals surface area contributed by atoms with Crippen LogP contribution in [-0.4, -0.2) is 36.0 Å². The fourth-order valence-corrected chi connectivity index (χ4v) is 1.38. The zero-order valence-corrected chi connectivity index (χ0v) is 10.6. The Kier molecular flexibility index (Phi) is 5.84. The van der Waals surface area contributed by atoms with E-state index in [2.05, 4.69) is 0 Å². The maximum Gasteiger partial charge on any atom is 0.273 e. The largest absolute Gasteiger partial charge is 0.489 e. The molecule has 7 heteroatoms. The Morgan fingerprint density at radius 1 is 1.50 bits per heavy atom. The van der Waals surface area contributed by atoms with Gasteiger partial charge in [0.15, 0.2) is 0 Å². The molecule has 1 aromatic rings. The molecule has 1 N–H and O–H groups in total. The van der Waals surface area contributed by atoms with Crippen LogP contribution >= 0.6 is 11.6 Å². The van der Waals surface area contributed by atoms with Crippen LogP contribution in [0.3, 0.4) is 0 Å². The van der Waals surface area contributed by atoms with Gasteiger partial charge in [0.05, 0.1) is 22.6 Å². The number of rotatable bonds is 7. The van der Waals surface area contributed by atoms with Crippen molar-refractivity contribution in [3.05, 3.63) is 33.3 Å². The van der Waals surface area contributed by atoms with E-state index >= 15 is 0 Å². The number of nitro groups is 1. The van der Waals surface area contributed by atoms with Gasteiger partial charge in [-0.1, -0.05) is 11.6 Å². The lowest BCUT2D eigenvalue weighted by Gasteiger charge is -2.12. The molecule has 0 aliphatic rings. The molecule has 0 saturated heterocycles. The van der Waals surface area contributed by atoms with Crippen LogP contribution in [-0.2, 0) is 4.74 Å². The molecule has 0 bridgehead atoms. The standard InChI is InChI=1S/C11H14ClNO5/c1-2-17-6-9(14)7-18-11-5-8(13(15)16)3-4-10(11)12/h3-5,9,14H,2,6-7H2,1H3. The number of halogens is 1. The van der Waals surface area contributed by atoms with Gasteiger partial charge in [-0.3, -0.25) is 10.1 Å². The van der Waals surface area contributed by atoms with E-state index in [1.807, 2.05) is 6.92 Å². The topological polar surface area (TPSA) is 81.8 Å². The maximum atomic E-state index is 10.6. The third-order valence-corrected chi connectivity index (χ3v) is 2.38. The second kappa shape index (κ2) is 7.15. The van der Waals surface area contributed by atoms with Crippen molar-refractivity contribution in [1.29, 1.82) is 0 Å². The molecule has 0 heterocycles. The first-order valence-corrected chi connectivity index (χ1v) is 5.75. The lowest BCUT2D eigenvalue weighted by atomic mass is 10.3. The van der Waals surface area contributed by atoms with Gasteiger partial charge in [0.2, 0.25) is 0 Å². The number of nitrogens with zero attached hydrogens (tertiary/aromatic N) is 1. The van der Waals surface area contributed by atoms with Gasteiger partial charge in [0.1, 0.15) is 18.5 Å². The van der Waals surface area contributed by atoms with E-state index in [1.54, 1.807) is 0 Å². The third-order valence-electron chi connectivity index (χ3n) is 2.07. The molecule has 18 heavy (non-hydrogen) atoms. The van der Waals surface area contributed by atoms with E-state index in [0.717, 1.165) is 0 Å². The van der Waals surface area contributed by atoms with Crippen LogP contribution in [0.4, 0.5) is 5.69 Å². The minimum Gasteiger partial charge on any atom is -0.489 e. The van der Waals surface area contributed by atoms with Crippen molar-refractivity contribution < 1.29 is 19.5 Å². The highest BCUT2D eigenvalue weighted by Crippen LogP contribution is 2.28. The number of hydrogen-bond acceptors (Lipinski definition) is 5. The number of benzene rings is 1. The predicted molar refractivity (Wildman–Crippen MR) is 66.1 cm³/mol. The molecule has 0 aromatic heterocycles. The number of nitro benzene ring substituents is 1. The lowest BCUT2D eigenvalue weighted by molar-refractivity contribution is -0.384. The molecule has 6 nitrogen and oxygen atoms in total. The smallest absolute Gasteiger partial charge is 0.273 e. The summed E-state index contributed by atoms with van der Waals surface area (Å²) in [6.07, 6.45) is -0.805. The highest BCUT2D eigenvalue weighted by Gasteiger charge is 2.12. The summed E-state index contributed by atoms with van der Waals surface area (Å²) in [6, 6.07) is 3.88. The molecule has 0 fully saturated rings. The van der Waals surface area contributed by atoms with Crippen LogP contribution in [0.25, 0.3) is 0 Å². The van der Waals surface area contributed by atoms with Crippen LogP contribution in [0.2, 0.25) is 5.02 Å². The number of ether oxygens (including phenoxy) is 2. The minimum atomic E-state index is -0.805. The van der Waals surface area contributed by atoms with Gasteiger partial charge < -0.3 is 14.6 Å². The molecule has 0 spiro atoms. The first-order chi connectivity index (χ1) is 8.54. The predicted octanol–water partition coefficient (Wildman–Crippen LogP) is 2.02. The van der Waals surface area contributed by atoms with Crippen LogP contribution in [0, 0.1) is 10.1 Å². The summed E-state index contributed by atoms with van der Waals surface area (Å²) in [7, 11) is 0. The van der Waals surface area contributed by atoms with Crippen molar-refractivity contribution in [2.45, 2.75) is 13.0 Å². The summed E-state index contributed by atoms with van der Waals surface area (Å²) in [5, 5.41) is 20.3. The molecule has 0 aliphatic heterocycles. The van der Waals surface area contributed by atoms with Gasteiger partial charge >= 0.3 is 0 Å². The van der Waals surface area contributed by atoms with Gasteiger partial charge in [-0.25, -0.2) is 0 Å². The highest BCUT2D eigenvalue weighted by atomic mass is 35.5. The summed E-state index contributed by atoms with van der Waals surface area (Å²) in [4.78, 5) is 10.0. The quantitative estimate of drug-likeness (QED) is 0.608. The molecule has 1 rings (SSSR count). The highest BCUT2D eigenvalue weighted by molar-refractivity contribution is 6.32. The lowest BCUT2D eigenvalue weighted by Crippen LogP contribution is -2.23. The van der Waals surface area contributed by atoms with Gasteiger partial charge in [-0.2, -0.15) is 0 Å². The monoisotopic (exact) mass is 275 g/mol. The summed E-state index contributed by atoms with van der Waals surface area (Å²) in [5.74, 6) is 0.168. The fourth-order valence-electron chi connectivity index (χ4n) is 1.20. The van der Waals surface area contributed by atoms with Crippen molar-refractivity contribution in [2.24, 2.45) is 0 Å². The van der Waals surface area contributed by atoms with Crippen LogP contribution < -0.4 is 4.74 Å². The molecule has 1 unspecified atom stereocenters. The Balaban J connectivity index is 2.60. The molecule has 1 aromatic carbocycles. The second-order valence-corrected chi connectivity index (χ2v) is 3.90. The number of aliphatic hydroxyl groups is 1. The number of non-ortho nitro benzene ring substituents is 1. The van der Waals surface area contributed by atoms with Crippen LogP contribution in [0.1, 0.15) is 6.92 Å². The average Bonchev–Trinajstić information content (AvgIpc) is 2.35. The molecule has 0 saturated carbocycles. The van der Waals surface area contributed by atoms with Crippen molar-refractivity contribution in [3.8, 4) is 5.75 Å². The molecular weight excluding hydrogens is 262 g/mol.